The molecule has 5 atom stereocenters. The summed E-state index contributed by atoms with van der Waals surface area (Å²) in [6.45, 7) is 0.906. The fraction of sp³-hybridized carbons (Fsp3) is 0.250. The minimum absolute atomic E-state index is 0.0476. The van der Waals surface area contributed by atoms with Gasteiger partial charge in [0.2, 0.25) is 0 Å². The fourth-order valence-electron chi connectivity index (χ4n) is 8.76. The third-order valence-corrected chi connectivity index (χ3v) is 13.0. The highest BCUT2D eigenvalue weighted by Crippen LogP contribution is 2.35. The van der Waals surface area contributed by atoms with E-state index in [0.717, 1.165) is 12.8 Å². The van der Waals surface area contributed by atoms with Crippen molar-refractivity contribution in [3.8, 4) is 34.8 Å². The molecule has 2 fully saturated rings. The number of carbonyl (C=O) groups excluding carboxylic acids is 2. The van der Waals surface area contributed by atoms with Crippen LogP contribution in [-0.2, 0) is 14.2 Å². The number of nitriles is 1. The number of carbonyl (C=O) groups is 2. The highest BCUT2D eigenvalue weighted by atomic mass is 35.5. The Morgan fingerprint density at radius 2 is 1.28 bits per heavy atom. The average molecular weight is 995 g/mol. The summed E-state index contributed by atoms with van der Waals surface area (Å²) < 4.78 is 36.4. The number of anilines is 2. The van der Waals surface area contributed by atoms with Crippen LogP contribution in [-0.4, -0.2) is 98.8 Å². The quantitative estimate of drug-likeness (QED) is 0.0624. The molecule has 0 spiro atoms. The first-order valence-corrected chi connectivity index (χ1v) is 23.6. The number of methoxy groups -OCH3 is 1. The topological polar surface area (TPSA) is 221 Å². The Kier molecular flexibility index (Phi) is 14.1. The monoisotopic (exact) mass is 993 g/mol. The molecule has 0 aliphatic carbocycles. The van der Waals surface area contributed by atoms with Crippen LogP contribution in [0.25, 0.3) is 22.1 Å². The second kappa shape index (κ2) is 21.2. The normalized spacial score (nSPS) is 18.9. The van der Waals surface area contributed by atoms with Crippen molar-refractivity contribution in [2.75, 3.05) is 37.6 Å². The molecule has 8 aromatic rings. The molecule has 4 N–H and O–H groups in total. The second-order valence-corrected chi connectivity index (χ2v) is 17.8. The van der Waals surface area contributed by atoms with Crippen molar-refractivity contribution in [3.05, 3.63) is 148 Å². The molecular weight excluding hydrogens is 950 g/mol. The van der Waals surface area contributed by atoms with E-state index in [2.05, 4.69) is 46.6 Å². The van der Waals surface area contributed by atoms with Crippen LogP contribution in [0.15, 0.2) is 116 Å². The number of ketones is 2. The van der Waals surface area contributed by atoms with Crippen molar-refractivity contribution in [1.82, 2.24) is 29.9 Å². The highest BCUT2D eigenvalue weighted by molar-refractivity contribution is 6.36. The molecule has 0 radical (unpaired) electrons. The van der Waals surface area contributed by atoms with Crippen molar-refractivity contribution in [1.29, 1.82) is 5.26 Å². The fourth-order valence-corrected chi connectivity index (χ4v) is 9.27. The van der Waals surface area contributed by atoms with E-state index >= 15 is 0 Å². The van der Waals surface area contributed by atoms with Crippen LogP contribution in [0.3, 0.4) is 0 Å². The van der Waals surface area contributed by atoms with E-state index < -0.39 is 0 Å². The molecule has 0 saturated carbocycles. The molecule has 2 saturated heterocycles. The number of benzene rings is 4. The molecule has 10 rings (SSSR count). The largest absolute Gasteiger partial charge is 0.491 e. The third kappa shape index (κ3) is 10.5. The lowest BCUT2D eigenvalue weighted by Crippen LogP contribution is -2.48. The summed E-state index contributed by atoms with van der Waals surface area (Å²) in [7, 11) is 1.64. The lowest BCUT2D eigenvalue weighted by molar-refractivity contribution is -0.0796. The maximum absolute atomic E-state index is 14.0. The van der Waals surface area contributed by atoms with Gasteiger partial charge in [0.05, 0.1) is 88.0 Å². The molecule has 2 aliphatic heterocycles. The minimum Gasteiger partial charge on any atom is -0.491 e. The first-order valence-electron chi connectivity index (χ1n) is 22.8. The van der Waals surface area contributed by atoms with Gasteiger partial charge in [-0.2, -0.15) is 5.26 Å². The number of nitrogens with zero attached hydrogens (tertiary/aromatic N) is 5. The number of halogens is 2. The van der Waals surface area contributed by atoms with Gasteiger partial charge in [-0.25, -0.2) is 19.9 Å². The predicted octanol–water partition coefficient (Wildman–Crippen LogP) is 10.1. The van der Waals surface area contributed by atoms with E-state index in [1.54, 1.807) is 68.0 Å². The van der Waals surface area contributed by atoms with Crippen LogP contribution in [0.2, 0.25) is 10.0 Å². The Hall–Kier alpha value is -7.59. The molecule has 17 nitrogen and oxygen atoms in total. The smallest absolute Gasteiger partial charge is 0.196 e. The molecular formula is C52H45Cl2N9O8. The van der Waals surface area contributed by atoms with E-state index in [9.17, 15) is 9.59 Å². The van der Waals surface area contributed by atoms with Gasteiger partial charge in [-0.1, -0.05) is 47.5 Å². The van der Waals surface area contributed by atoms with Crippen LogP contribution in [0, 0.1) is 11.3 Å². The number of H-pyrrole nitrogens is 2. The number of aromatic amines is 2. The van der Waals surface area contributed by atoms with Crippen molar-refractivity contribution in [2.24, 2.45) is 0 Å². The summed E-state index contributed by atoms with van der Waals surface area (Å²) in [6.07, 6.45) is 7.74. The molecule has 0 bridgehead atoms. The highest BCUT2D eigenvalue weighted by Gasteiger charge is 2.33. The van der Waals surface area contributed by atoms with Gasteiger partial charge >= 0.3 is 0 Å². The van der Waals surface area contributed by atoms with E-state index in [4.69, 9.17) is 56.9 Å². The number of aromatic nitrogens is 6. The zero-order chi connectivity index (χ0) is 48.8. The van der Waals surface area contributed by atoms with Crippen LogP contribution in [0.1, 0.15) is 57.5 Å². The second-order valence-electron chi connectivity index (χ2n) is 17.0. The number of rotatable bonds is 17. The zero-order valence-electron chi connectivity index (χ0n) is 38.1. The van der Waals surface area contributed by atoms with Crippen LogP contribution in [0.4, 0.5) is 11.6 Å². The summed E-state index contributed by atoms with van der Waals surface area (Å²) in [4.78, 5) is 51.8. The third-order valence-electron chi connectivity index (χ3n) is 12.4. The maximum Gasteiger partial charge on any atom is 0.196 e. The standard InChI is InChI=1S/C52H45Cl2N9O8/c1-66-44-21-36(69-26-43(44)63-52-46-40(23-57-50(46)59-28-61-52)48(65)37-14-12-34(19-41(37)53)70-31-6-3-2-4-7-31)25-68-32-8-5-9-33(18-32)71-35-13-15-38(42(54)20-35)47(64)39-22-56-49-45(39)51(60-27-58-49)62-29-10-11-30(16-17-55)67-24-29/h2-9,12-15,18-20,22-23,27-30,36,43-44H,10-11,16,21,24-26H2,1H3,(H2,56,58,60,62)(H2,57,59,61,63)/t29-,30+,36+,43+,44+/m1/s1. The predicted molar refractivity (Wildman–Crippen MR) is 265 cm³/mol. The lowest BCUT2D eigenvalue weighted by Gasteiger charge is -2.36. The molecule has 0 unspecified atom stereocenters. The molecule has 4 aromatic heterocycles. The lowest BCUT2D eigenvalue weighted by atomic mass is 10.0. The Bertz CT molecular complexity index is 3260. The van der Waals surface area contributed by atoms with E-state index in [1.807, 2.05) is 42.5 Å². The van der Waals surface area contributed by atoms with Crippen molar-refractivity contribution in [3.63, 3.8) is 0 Å². The van der Waals surface area contributed by atoms with Crippen molar-refractivity contribution in [2.45, 2.75) is 56.1 Å². The Balaban J connectivity index is 0.751. The molecule has 0 amide bonds. The van der Waals surface area contributed by atoms with Crippen LogP contribution < -0.4 is 24.8 Å². The molecule has 4 aromatic carbocycles. The molecule has 19 heteroatoms. The van der Waals surface area contributed by atoms with Gasteiger partial charge in [0.15, 0.2) is 11.6 Å². The maximum atomic E-state index is 14.0. The molecule has 2 aliphatic rings. The number of ether oxygens (including phenoxy) is 6. The first-order chi connectivity index (χ1) is 34.7. The minimum atomic E-state index is -0.325. The number of hydrogen-bond acceptors (Lipinski definition) is 15. The van der Waals surface area contributed by atoms with Crippen LogP contribution in [0.5, 0.6) is 28.7 Å². The summed E-state index contributed by atoms with van der Waals surface area (Å²) in [5.74, 6) is 2.93. The summed E-state index contributed by atoms with van der Waals surface area (Å²) >= 11 is 13.4. The summed E-state index contributed by atoms with van der Waals surface area (Å²) in [5.41, 5.74) is 2.26. The van der Waals surface area contributed by atoms with Gasteiger partial charge < -0.3 is 49.0 Å². The van der Waals surface area contributed by atoms with E-state index in [1.165, 1.54) is 12.7 Å². The Morgan fingerprint density at radius 1 is 0.690 bits per heavy atom. The van der Waals surface area contributed by atoms with Gasteiger partial charge in [-0.05, 0) is 61.4 Å². The van der Waals surface area contributed by atoms with E-state index in [0.29, 0.717) is 98.6 Å². The number of para-hydroxylation sites is 1. The number of hydrogen-bond donors (Lipinski definition) is 4. The summed E-state index contributed by atoms with van der Waals surface area (Å²) in [5, 5.41) is 17.4. The SMILES string of the molecule is CO[C@H]1C[C@@H](COc2cccc(Oc3ccc(C(=O)c4c[nH]c5ncnc(N[C@@H]6CC[C@@H](CC#N)OC6)c45)c(Cl)c3)c2)OC[C@@H]1Nc1ncnc2[nH]cc(C(=O)c3ccc(Oc4ccccc4)cc3Cl)c12. The van der Waals surface area contributed by atoms with Gasteiger partial charge in [-0.3, -0.25) is 9.59 Å². The first kappa shape index (κ1) is 47.1. The van der Waals surface area contributed by atoms with Crippen LogP contribution >= 0.6 is 23.2 Å². The van der Waals surface area contributed by atoms with Crippen molar-refractivity contribution >= 4 is 68.5 Å². The average Bonchev–Trinajstić information content (AvgIpc) is 4.03. The van der Waals surface area contributed by atoms with Gasteiger partial charge in [0.1, 0.15) is 70.9 Å². The summed E-state index contributed by atoms with van der Waals surface area (Å²) in [6, 6.07) is 28.1. The zero-order valence-corrected chi connectivity index (χ0v) is 39.6. The number of fused-ring (bicyclic) bond motifs is 2. The van der Waals surface area contributed by atoms with Gasteiger partial charge in [0.25, 0.3) is 0 Å². The van der Waals surface area contributed by atoms with Gasteiger partial charge in [-0.15, -0.1) is 0 Å². The number of nitrogens with one attached hydrogen (secondary N) is 4. The molecule has 360 valence electrons. The Labute approximate surface area is 416 Å². The van der Waals surface area contributed by atoms with Crippen molar-refractivity contribution < 1.29 is 38.0 Å². The molecule has 71 heavy (non-hydrogen) atoms. The Morgan fingerprint density at radius 3 is 1.89 bits per heavy atom. The van der Waals surface area contributed by atoms with Gasteiger partial charge in [0, 0.05) is 55.3 Å². The van der Waals surface area contributed by atoms with E-state index in [-0.39, 0.29) is 70.8 Å². The molecule has 6 heterocycles.